The maximum absolute atomic E-state index is 4.06. The largest absolute Gasteiger partial charge is 0.265 e. The molecule has 1 N–H and O–H groups in total. The summed E-state index contributed by atoms with van der Waals surface area (Å²) in [5.41, 5.74) is 4.94. The number of nitrogens with one attached hydrogen (secondary N) is 1. The van der Waals surface area contributed by atoms with Gasteiger partial charge in [-0.2, -0.15) is 0 Å². The van der Waals surface area contributed by atoms with Crippen LogP contribution in [0.2, 0.25) is 0 Å². The minimum atomic E-state index is 0.348. The van der Waals surface area contributed by atoms with E-state index in [1.54, 1.807) is 0 Å². The molecule has 0 radical (unpaired) electrons. The van der Waals surface area contributed by atoms with Crippen LogP contribution < -0.4 is 5.43 Å². The van der Waals surface area contributed by atoms with Gasteiger partial charge in [0.05, 0.1) is 0 Å². The van der Waals surface area contributed by atoms with Crippen LogP contribution in [0.15, 0.2) is 24.5 Å². The van der Waals surface area contributed by atoms with E-state index in [-0.39, 0.29) is 0 Å². The summed E-state index contributed by atoms with van der Waals surface area (Å²) in [7, 11) is 0. The summed E-state index contributed by atoms with van der Waals surface area (Å²) in [5.74, 6) is 0. The Labute approximate surface area is 104 Å². The molecule has 0 spiro atoms. The van der Waals surface area contributed by atoms with Gasteiger partial charge in [-0.25, -0.2) is 10.4 Å². The van der Waals surface area contributed by atoms with Gasteiger partial charge in [-0.3, -0.25) is 4.98 Å². The van der Waals surface area contributed by atoms with Crippen molar-refractivity contribution in [2.75, 3.05) is 0 Å². The highest BCUT2D eigenvalue weighted by Crippen LogP contribution is 2.22. The standard InChI is InChI=1S/C14H23N3/c1-11-5-4-6-12(2)17(11)16-13(3)14-7-9-15-10-8-14/h7-13,16H,4-6H2,1-3H3. The Morgan fingerprint density at radius 2 is 1.82 bits per heavy atom. The molecule has 0 saturated carbocycles. The number of hydrogen-bond acceptors (Lipinski definition) is 3. The van der Waals surface area contributed by atoms with E-state index in [0.29, 0.717) is 18.1 Å². The summed E-state index contributed by atoms with van der Waals surface area (Å²) in [6, 6.07) is 5.76. The van der Waals surface area contributed by atoms with Gasteiger partial charge >= 0.3 is 0 Å². The van der Waals surface area contributed by atoms with Crippen LogP contribution in [0.5, 0.6) is 0 Å². The molecule has 3 nitrogen and oxygen atoms in total. The Morgan fingerprint density at radius 1 is 1.24 bits per heavy atom. The van der Waals surface area contributed by atoms with Crippen molar-refractivity contribution in [3.05, 3.63) is 30.1 Å². The van der Waals surface area contributed by atoms with Gasteiger partial charge in [-0.15, -0.1) is 0 Å². The molecule has 3 atom stereocenters. The highest BCUT2D eigenvalue weighted by molar-refractivity contribution is 5.13. The molecule has 2 rings (SSSR count). The molecule has 1 aromatic heterocycles. The lowest BCUT2D eigenvalue weighted by Gasteiger charge is -2.40. The Kier molecular flexibility index (Phi) is 4.13. The van der Waals surface area contributed by atoms with E-state index in [4.69, 9.17) is 0 Å². The average Bonchev–Trinajstić information content (AvgIpc) is 2.35. The summed E-state index contributed by atoms with van der Waals surface area (Å²) >= 11 is 0. The van der Waals surface area contributed by atoms with Gasteiger partial charge < -0.3 is 0 Å². The maximum Gasteiger partial charge on any atom is 0.0437 e. The van der Waals surface area contributed by atoms with Crippen molar-refractivity contribution >= 4 is 0 Å². The number of hydrazine groups is 1. The molecule has 0 aromatic carbocycles. The molecule has 2 heterocycles. The molecule has 1 fully saturated rings. The van der Waals surface area contributed by atoms with Gasteiger partial charge in [0.1, 0.15) is 0 Å². The topological polar surface area (TPSA) is 28.2 Å². The average molecular weight is 233 g/mol. The van der Waals surface area contributed by atoms with E-state index >= 15 is 0 Å². The van der Waals surface area contributed by atoms with E-state index in [1.165, 1.54) is 24.8 Å². The third-order valence-corrected chi connectivity index (χ3v) is 3.74. The van der Waals surface area contributed by atoms with Crippen LogP contribution in [-0.4, -0.2) is 22.1 Å². The molecular weight excluding hydrogens is 210 g/mol. The summed E-state index contributed by atoms with van der Waals surface area (Å²) in [4.78, 5) is 4.06. The molecule has 1 aliphatic rings. The summed E-state index contributed by atoms with van der Waals surface area (Å²) < 4.78 is 0. The van der Waals surface area contributed by atoms with Crippen molar-refractivity contribution in [1.29, 1.82) is 0 Å². The molecule has 1 saturated heterocycles. The molecule has 0 amide bonds. The van der Waals surface area contributed by atoms with Crippen LogP contribution >= 0.6 is 0 Å². The second-order valence-corrected chi connectivity index (χ2v) is 5.17. The lowest BCUT2D eigenvalue weighted by Crippen LogP contribution is -2.52. The van der Waals surface area contributed by atoms with Gasteiger partial charge in [-0.05, 0) is 51.3 Å². The molecule has 1 aromatic rings. The highest BCUT2D eigenvalue weighted by Gasteiger charge is 2.25. The van der Waals surface area contributed by atoms with Crippen LogP contribution in [0.3, 0.4) is 0 Å². The normalized spacial score (nSPS) is 27.9. The molecule has 0 aliphatic carbocycles. The Hall–Kier alpha value is -0.930. The van der Waals surface area contributed by atoms with Crippen molar-refractivity contribution in [2.45, 2.75) is 58.2 Å². The molecule has 1 aliphatic heterocycles. The van der Waals surface area contributed by atoms with Gasteiger partial charge in [0.15, 0.2) is 0 Å². The molecule has 17 heavy (non-hydrogen) atoms. The van der Waals surface area contributed by atoms with Crippen LogP contribution in [0, 0.1) is 0 Å². The Balaban J connectivity index is 2.00. The quantitative estimate of drug-likeness (QED) is 0.870. The zero-order valence-electron chi connectivity index (χ0n) is 11.1. The van der Waals surface area contributed by atoms with Crippen molar-refractivity contribution in [2.24, 2.45) is 0 Å². The maximum atomic E-state index is 4.06. The van der Waals surface area contributed by atoms with E-state index in [0.717, 1.165) is 0 Å². The lowest BCUT2D eigenvalue weighted by molar-refractivity contribution is 0.0320. The fourth-order valence-electron chi connectivity index (χ4n) is 2.63. The van der Waals surface area contributed by atoms with Crippen molar-refractivity contribution in [1.82, 2.24) is 15.4 Å². The molecule has 3 unspecified atom stereocenters. The lowest BCUT2D eigenvalue weighted by atomic mass is 9.99. The fourth-order valence-corrected chi connectivity index (χ4v) is 2.63. The summed E-state index contributed by atoms with van der Waals surface area (Å²) in [5, 5.41) is 2.43. The van der Waals surface area contributed by atoms with Gasteiger partial charge in [0, 0.05) is 30.5 Å². The monoisotopic (exact) mass is 233 g/mol. The van der Waals surface area contributed by atoms with E-state index < -0.39 is 0 Å². The molecule has 94 valence electrons. The van der Waals surface area contributed by atoms with Gasteiger partial charge in [-0.1, -0.05) is 6.42 Å². The Bertz CT molecular complexity index is 329. The first-order chi connectivity index (χ1) is 8.18. The molecular formula is C14H23N3. The number of rotatable bonds is 3. The second kappa shape index (κ2) is 5.61. The SMILES string of the molecule is CC(NN1C(C)CCCC1C)c1ccncc1. The number of nitrogens with zero attached hydrogens (tertiary/aromatic N) is 2. The number of aromatic nitrogens is 1. The summed E-state index contributed by atoms with van der Waals surface area (Å²) in [6.45, 7) is 6.83. The van der Waals surface area contributed by atoms with Crippen LogP contribution in [0.4, 0.5) is 0 Å². The number of hydrogen-bond donors (Lipinski definition) is 1. The first-order valence-electron chi connectivity index (χ1n) is 6.63. The van der Waals surface area contributed by atoms with E-state index in [9.17, 15) is 0 Å². The molecule has 3 heteroatoms. The van der Waals surface area contributed by atoms with Crippen molar-refractivity contribution < 1.29 is 0 Å². The van der Waals surface area contributed by atoms with Crippen LogP contribution in [-0.2, 0) is 0 Å². The second-order valence-electron chi connectivity index (χ2n) is 5.17. The van der Waals surface area contributed by atoms with Crippen molar-refractivity contribution in [3.63, 3.8) is 0 Å². The number of pyridine rings is 1. The van der Waals surface area contributed by atoms with Gasteiger partial charge in [0.25, 0.3) is 0 Å². The van der Waals surface area contributed by atoms with Gasteiger partial charge in [0.2, 0.25) is 0 Å². The minimum absolute atomic E-state index is 0.348. The predicted octanol–water partition coefficient (Wildman–Crippen LogP) is 2.91. The first kappa shape index (κ1) is 12.5. The molecule has 0 bridgehead atoms. The number of piperidine rings is 1. The fraction of sp³-hybridized carbons (Fsp3) is 0.643. The van der Waals surface area contributed by atoms with Crippen LogP contribution in [0.25, 0.3) is 0 Å². The minimum Gasteiger partial charge on any atom is -0.265 e. The zero-order chi connectivity index (χ0) is 12.3. The third-order valence-electron chi connectivity index (χ3n) is 3.74. The first-order valence-corrected chi connectivity index (χ1v) is 6.63. The van der Waals surface area contributed by atoms with Crippen LogP contribution in [0.1, 0.15) is 51.6 Å². The summed E-state index contributed by atoms with van der Waals surface area (Å²) in [6.07, 6.45) is 7.65. The smallest absolute Gasteiger partial charge is 0.0437 e. The van der Waals surface area contributed by atoms with E-state index in [1.807, 2.05) is 12.4 Å². The highest BCUT2D eigenvalue weighted by atomic mass is 15.5. The predicted molar refractivity (Wildman–Crippen MR) is 70.4 cm³/mol. The zero-order valence-corrected chi connectivity index (χ0v) is 11.1. The Morgan fingerprint density at radius 3 is 2.41 bits per heavy atom. The third kappa shape index (κ3) is 3.05. The van der Waals surface area contributed by atoms with E-state index in [2.05, 4.69) is 48.3 Å². The van der Waals surface area contributed by atoms with Crippen molar-refractivity contribution in [3.8, 4) is 0 Å².